The Bertz CT molecular complexity index is 1600. The molecule has 0 spiro atoms. The summed E-state index contributed by atoms with van der Waals surface area (Å²) in [6.07, 6.45) is -1.40. The summed E-state index contributed by atoms with van der Waals surface area (Å²) in [6.45, 7) is 5.25. The molecule has 39 heavy (non-hydrogen) atoms. The van der Waals surface area contributed by atoms with Crippen LogP contribution in [0.2, 0.25) is 5.02 Å². The van der Waals surface area contributed by atoms with E-state index in [0.717, 1.165) is 17.4 Å². The van der Waals surface area contributed by atoms with Gasteiger partial charge in [-0.05, 0) is 32.0 Å². The highest BCUT2D eigenvalue weighted by atomic mass is 35.5. The molecular formula is C26H24ClF3N6OS2. The number of alkyl halides is 3. The van der Waals surface area contributed by atoms with Gasteiger partial charge in [0, 0.05) is 81.9 Å². The molecular weight excluding hydrogens is 569 g/mol. The van der Waals surface area contributed by atoms with Gasteiger partial charge in [-0.3, -0.25) is 4.57 Å². The van der Waals surface area contributed by atoms with Gasteiger partial charge in [-0.1, -0.05) is 11.6 Å². The minimum absolute atomic E-state index is 0.0406. The molecule has 1 aromatic carbocycles. The molecule has 1 N–H and O–H groups in total. The third kappa shape index (κ3) is 4.92. The molecule has 4 aromatic rings. The van der Waals surface area contributed by atoms with E-state index in [1.54, 1.807) is 29.9 Å². The maximum atomic E-state index is 14.8. The van der Waals surface area contributed by atoms with Crippen molar-refractivity contribution in [2.45, 2.75) is 49.5 Å². The summed E-state index contributed by atoms with van der Waals surface area (Å²) in [7, 11) is 0. The van der Waals surface area contributed by atoms with Gasteiger partial charge in [0.1, 0.15) is 11.6 Å². The molecule has 2 aliphatic rings. The number of thioether (sulfide) groups is 1. The van der Waals surface area contributed by atoms with E-state index in [1.165, 1.54) is 16.3 Å². The molecule has 0 saturated carbocycles. The van der Waals surface area contributed by atoms with Crippen LogP contribution in [0.25, 0.3) is 21.3 Å². The van der Waals surface area contributed by atoms with Crippen LogP contribution >= 0.6 is 34.7 Å². The van der Waals surface area contributed by atoms with Gasteiger partial charge in [-0.25, -0.2) is 14.8 Å². The van der Waals surface area contributed by atoms with E-state index in [2.05, 4.69) is 20.3 Å². The van der Waals surface area contributed by atoms with Gasteiger partial charge in [-0.2, -0.15) is 18.2 Å². The second-order valence-corrected chi connectivity index (χ2v) is 12.3. The number of piperazine rings is 1. The third-order valence-electron chi connectivity index (χ3n) is 6.96. The first-order valence-electron chi connectivity index (χ1n) is 12.4. The van der Waals surface area contributed by atoms with E-state index in [4.69, 9.17) is 11.6 Å². The molecule has 13 heteroatoms. The lowest BCUT2D eigenvalue weighted by Crippen LogP contribution is -2.55. The van der Waals surface area contributed by atoms with Gasteiger partial charge in [-0.15, -0.1) is 23.1 Å². The Labute approximate surface area is 235 Å². The van der Waals surface area contributed by atoms with Crippen LogP contribution in [-0.4, -0.2) is 50.4 Å². The SMILES string of the molecule is C[C@@H]1CN(c2nc(=O)n3c4c(c(-c5cc(Cl)cs5)c(C(F)(F)F)cc24)SCC(c2ncccn2)C3)C[C@H](C)N1. The molecule has 7 nitrogen and oxygen atoms in total. The lowest BCUT2D eigenvalue weighted by Gasteiger charge is -2.37. The Morgan fingerprint density at radius 3 is 2.46 bits per heavy atom. The predicted molar refractivity (Wildman–Crippen MR) is 149 cm³/mol. The first kappa shape index (κ1) is 26.5. The minimum atomic E-state index is -4.65. The molecule has 1 unspecified atom stereocenters. The van der Waals surface area contributed by atoms with Crippen LogP contribution in [0.15, 0.2) is 45.7 Å². The fraction of sp³-hybridized carbons (Fsp3) is 0.385. The summed E-state index contributed by atoms with van der Waals surface area (Å²) in [6, 6.07) is 4.56. The first-order chi connectivity index (χ1) is 18.6. The summed E-state index contributed by atoms with van der Waals surface area (Å²) in [4.78, 5) is 29.5. The lowest BCUT2D eigenvalue weighted by atomic mass is 10.0. The Balaban J connectivity index is 1.67. The first-order valence-corrected chi connectivity index (χ1v) is 14.7. The second-order valence-electron chi connectivity index (χ2n) is 9.97. The maximum Gasteiger partial charge on any atom is 0.417 e. The molecule has 1 fully saturated rings. The lowest BCUT2D eigenvalue weighted by molar-refractivity contribution is -0.137. The van der Waals surface area contributed by atoms with Crippen molar-refractivity contribution in [3.8, 4) is 10.4 Å². The highest BCUT2D eigenvalue weighted by molar-refractivity contribution is 7.99. The minimum Gasteiger partial charge on any atom is -0.353 e. The van der Waals surface area contributed by atoms with E-state index < -0.39 is 17.4 Å². The van der Waals surface area contributed by atoms with Crippen LogP contribution in [0.1, 0.15) is 31.2 Å². The average molecular weight is 593 g/mol. The van der Waals surface area contributed by atoms with Crippen molar-refractivity contribution >= 4 is 51.4 Å². The Morgan fingerprint density at radius 2 is 1.82 bits per heavy atom. The van der Waals surface area contributed by atoms with Crippen LogP contribution < -0.4 is 15.9 Å². The van der Waals surface area contributed by atoms with Gasteiger partial charge in [0.2, 0.25) is 0 Å². The fourth-order valence-corrected chi connectivity index (χ4v) is 8.04. The zero-order valence-electron chi connectivity index (χ0n) is 21.0. The van der Waals surface area contributed by atoms with Crippen molar-refractivity contribution in [3.05, 3.63) is 62.9 Å². The number of anilines is 1. The molecule has 2 aliphatic heterocycles. The summed E-state index contributed by atoms with van der Waals surface area (Å²) in [5, 5.41) is 5.72. The molecule has 0 amide bonds. The van der Waals surface area contributed by atoms with E-state index in [1.807, 2.05) is 18.7 Å². The summed E-state index contributed by atoms with van der Waals surface area (Å²) in [5.74, 6) is 0.905. The topological polar surface area (TPSA) is 75.9 Å². The van der Waals surface area contributed by atoms with Crippen molar-refractivity contribution in [1.82, 2.24) is 24.8 Å². The summed E-state index contributed by atoms with van der Waals surface area (Å²) >= 11 is 8.63. The highest BCUT2D eigenvalue weighted by Gasteiger charge is 2.39. The Kier molecular flexibility index (Phi) is 6.85. The number of benzene rings is 1. The molecule has 204 valence electrons. The van der Waals surface area contributed by atoms with E-state index in [-0.39, 0.29) is 35.9 Å². The zero-order chi connectivity index (χ0) is 27.5. The number of halogens is 4. The van der Waals surface area contributed by atoms with Gasteiger partial charge < -0.3 is 10.2 Å². The van der Waals surface area contributed by atoms with Crippen molar-refractivity contribution in [1.29, 1.82) is 0 Å². The maximum absolute atomic E-state index is 14.8. The van der Waals surface area contributed by atoms with Crippen molar-refractivity contribution in [2.75, 3.05) is 23.7 Å². The fourth-order valence-electron chi connectivity index (χ4n) is 5.49. The second kappa shape index (κ2) is 10.1. The molecule has 3 atom stereocenters. The normalized spacial score (nSPS) is 21.8. The monoisotopic (exact) mass is 592 g/mol. The van der Waals surface area contributed by atoms with E-state index in [0.29, 0.717) is 50.4 Å². The van der Waals surface area contributed by atoms with Gasteiger partial charge >= 0.3 is 11.9 Å². The number of hydrogen-bond acceptors (Lipinski definition) is 8. The van der Waals surface area contributed by atoms with Crippen molar-refractivity contribution < 1.29 is 13.2 Å². The standard InChI is InChI=1S/C26H24ClF3N6OS2/c1-13-8-35(9-14(2)33-13)24-17-7-18(26(28,29)30)20(19-6-16(27)12-38-19)22-21(17)36(25(37)34-24)10-15(11-39-22)23-31-4-3-5-32-23/h3-7,12-15,33H,8-11H2,1-2H3/t13-,14+,15?. The average Bonchev–Trinajstić information content (AvgIpc) is 3.20. The number of nitrogens with one attached hydrogen (secondary N) is 1. The molecule has 5 heterocycles. The molecule has 6 rings (SSSR count). The zero-order valence-corrected chi connectivity index (χ0v) is 23.4. The smallest absolute Gasteiger partial charge is 0.353 e. The van der Waals surface area contributed by atoms with Crippen LogP contribution in [-0.2, 0) is 12.7 Å². The quantitative estimate of drug-likeness (QED) is 0.329. The molecule has 1 saturated heterocycles. The molecule has 0 aliphatic carbocycles. The number of thiophene rings is 1. The molecule has 3 aromatic heterocycles. The number of hydrogen-bond donors (Lipinski definition) is 1. The summed E-state index contributed by atoms with van der Waals surface area (Å²) in [5.41, 5.74) is -0.774. The van der Waals surface area contributed by atoms with Gasteiger partial charge in [0.15, 0.2) is 0 Å². The number of aromatic nitrogens is 4. The van der Waals surface area contributed by atoms with Gasteiger partial charge in [0.05, 0.1) is 16.1 Å². The largest absolute Gasteiger partial charge is 0.417 e. The molecule has 0 radical (unpaired) electrons. The van der Waals surface area contributed by atoms with Crippen LogP contribution in [0.4, 0.5) is 19.0 Å². The van der Waals surface area contributed by atoms with Crippen LogP contribution in [0.3, 0.4) is 0 Å². The summed E-state index contributed by atoms with van der Waals surface area (Å²) < 4.78 is 45.8. The number of rotatable bonds is 3. The van der Waals surface area contributed by atoms with Crippen molar-refractivity contribution in [3.63, 3.8) is 0 Å². The highest BCUT2D eigenvalue weighted by Crippen LogP contribution is 2.50. The number of nitrogens with zero attached hydrogens (tertiary/aromatic N) is 5. The van der Waals surface area contributed by atoms with Crippen LogP contribution in [0, 0.1) is 0 Å². The van der Waals surface area contributed by atoms with E-state index >= 15 is 0 Å². The van der Waals surface area contributed by atoms with E-state index in [9.17, 15) is 18.0 Å². The predicted octanol–water partition coefficient (Wildman–Crippen LogP) is 5.66. The van der Waals surface area contributed by atoms with Gasteiger partial charge in [0.25, 0.3) is 0 Å². The Morgan fingerprint density at radius 1 is 1.10 bits per heavy atom. The third-order valence-corrected chi connectivity index (χ3v) is 9.51. The Hall–Kier alpha value is -2.67. The van der Waals surface area contributed by atoms with Crippen molar-refractivity contribution in [2.24, 2.45) is 0 Å². The molecule has 0 bridgehead atoms. The van der Waals surface area contributed by atoms with Crippen LogP contribution in [0.5, 0.6) is 0 Å².